The molecule has 0 spiro atoms. The molecule has 0 N–H and O–H groups in total. The predicted octanol–water partition coefficient (Wildman–Crippen LogP) is 3.40. The van der Waals surface area contributed by atoms with E-state index in [1.165, 1.54) is 0 Å². The van der Waals surface area contributed by atoms with Crippen molar-refractivity contribution in [3.8, 4) is 16.5 Å². The molecule has 1 aliphatic rings. The SMILES string of the molecule is Cc1noc(C)c1-c1ccc(C(=O)S2(C#N)CC2)cc1. The molecule has 0 amide bonds. The van der Waals surface area contributed by atoms with Crippen LogP contribution >= 0.6 is 10.0 Å². The third-order valence-corrected chi connectivity index (χ3v) is 6.10. The lowest BCUT2D eigenvalue weighted by Crippen LogP contribution is -2.00. The van der Waals surface area contributed by atoms with Gasteiger partial charge in [0.1, 0.15) is 11.2 Å². The lowest BCUT2D eigenvalue weighted by molar-refractivity contribution is 0.108. The zero-order chi connectivity index (χ0) is 14.3. The maximum Gasteiger partial charge on any atom is 0.214 e. The maximum absolute atomic E-state index is 12.3. The van der Waals surface area contributed by atoms with E-state index < -0.39 is 10.0 Å². The number of nitriles is 1. The van der Waals surface area contributed by atoms with Crippen LogP contribution in [0.15, 0.2) is 28.8 Å². The number of hydrogen-bond donors (Lipinski definition) is 0. The zero-order valence-electron chi connectivity index (χ0n) is 11.3. The van der Waals surface area contributed by atoms with Crippen LogP contribution in [-0.2, 0) is 0 Å². The van der Waals surface area contributed by atoms with E-state index in [-0.39, 0.29) is 5.12 Å². The predicted molar refractivity (Wildman–Crippen MR) is 78.7 cm³/mol. The summed E-state index contributed by atoms with van der Waals surface area (Å²) in [6, 6.07) is 7.39. The number of nitrogens with zero attached hydrogens (tertiary/aromatic N) is 2. The summed E-state index contributed by atoms with van der Waals surface area (Å²) in [4.78, 5) is 12.3. The van der Waals surface area contributed by atoms with Crippen molar-refractivity contribution in [1.29, 1.82) is 5.26 Å². The van der Waals surface area contributed by atoms with Crippen molar-refractivity contribution in [1.82, 2.24) is 5.16 Å². The lowest BCUT2D eigenvalue weighted by atomic mass is 10.0. The quantitative estimate of drug-likeness (QED) is 0.627. The number of hydrogen-bond acceptors (Lipinski definition) is 4. The minimum absolute atomic E-state index is 0.0188. The van der Waals surface area contributed by atoms with Gasteiger partial charge in [0.15, 0.2) is 0 Å². The fourth-order valence-electron chi connectivity index (χ4n) is 2.30. The molecule has 2 aromatic rings. The molecule has 1 fully saturated rings. The smallest absolute Gasteiger partial charge is 0.214 e. The Labute approximate surface area is 118 Å². The van der Waals surface area contributed by atoms with Crippen LogP contribution in [0.25, 0.3) is 11.1 Å². The topological polar surface area (TPSA) is 66.9 Å². The summed E-state index contributed by atoms with van der Waals surface area (Å²) in [5.74, 6) is 2.28. The zero-order valence-corrected chi connectivity index (χ0v) is 12.2. The Hall–Kier alpha value is -2.06. The number of carbonyl (C=O) groups excluding carboxylic acids is 1. The molecule has 1 aliphatic heterocycles. The number of carbonyl (C=O) groups is 1. The Bertz CT molecular complexity index is 702. The minimum Gasteiger partial charge on any atom is -0.361 e. The molecule has 3 rings (SSSR count). The van der Waals surface area contributed by atoms with Crippen molar-refractivity contribution in [3.63, 3.8) is 0 Å². The van der Waals surface area contributed by atoms with Gasteiger partial charge in [0.05, 0.1) is 5.69 Å². The molecule has 2 heterocycles. The van der Waals surface area contributed by atoms with E-state index in [1.54, 1.807) is 12.1 Å². The molecule has 102 valence electrons. The summed E-state index contributed by atoms with van der Waals surface area (Å²) in [7, 11) is -1.65. The highest BCUT2D eigenvalue weighted by molar-refractivity contribution is 8.53. The molecular formula is C15H14N2O2S. The van der Waals surface area contributed by atoms with E-state index in [0.717, 1.165) is 34.1 Å². The highest BCUT2D eigenvalue weighted by atomic mass is 32.3. The van der Waals surface area contributed by atoms with E-state index >= 15 is 0 Å². The first-order valence-electron chi connectivity index (χ1n) is 6.35. The summed E-state index contributed by atoms with van der Waals surface area (Å²) in [5.41, 5.74) is 3.42. The summed E-state index contributed by atoms with van der Waals surface area (Å²) in [6.07, 6.45) is 0. The standard InChI is InChI=1S/C15H14N2O2S/c1-10-14(11(2)19-17-10)12-3-5-13(6-4-12)15(18)20(9-16)7-8-20/h3-6H,7-8H2,1-2H3. The minimum atomic E-state index is -1.65. The van der Waals surface area contributed by atoms with Gasteiger partial charge in [0.25, 0.3) is 0 Å². The fraction of sp³-hybridized carbons (Fsp3) is 0.267. The fourth-order valence-corrected chi connectivity index (χ4v) is 4.19. The molecule has 0 unspecified atom stereocenters. The van der Waals surface area contributed by atoms with Crippen LogP contribution in [0.1, 0.15) is 21.8 Å². The Balaban J connectivity index is 1.93. The Kier molecular flexibility index (Phi) is 2.91. The molecule has 0 aliphatic carbocycles. The molecule has 1 saturated heterocycles. The van der Waals surface area contributed by atoms with Gasteiger partial charge in [-0.1, -0.05) is 27.3 Å². The molecule has 5 heteroatoms. The molecule has 0 radical (unpaired) electrons. The molecule has 1 aromatic carbocycles. The average Bonchev–Trinajstić information content (AvgIpc) is 3.20. The van der Waals surface area contributed by atoms with Crippen molar-refractivity contribution in [2.45, 2.75) is 13.8 Å². The Morgan fingerprint density at radius 3 is 2.40 bits per heavy atom. The molecular weight excluding hydrogens is 272 g/mol. The largest absolute Gasteiger partial charge is 0.361 e. The van der Waals surface area contributed by atoms with Crippen molar-refractivity contribution in [2.24, 2.45) is 0 Å². The first-order valence-corrected chi connectivity index (χ1v) is 8.32. The summed E-state index contributed by atoms with van der Waals surface area (Å²) >= 11 is 0. The number of benzene rings is 1. The van der Waals surface area contributed by atoms with Gasteiger partial charge in [-0.2, -0.15) is 5.26 Å². The van der Waals surface area contributed by atoms with E-state index in [2.05, 4.69) is 10.6 Å². The van der Waals surface area contributed by atoms with Gasteiger partial charge in [-0.25, -0.2) is 0 Å². The highest BCUT2D eigenvalue weighted by Gasteiger charge is 2.44. The van der Waals surface area contributed by atoms with E-state index in [0.29, 0.717) is 5.56 Å². The molecule has 0 atom stereocenters. The van der Waals surface area contributed by atoms with Crippen molar-refractivity contribution >= 4 is 15.1 Å². The van der Waals surface area contributed by atoms with E-state index in [1.807, 2.05) is 26.0 Å². The summed E-state index contributed by atoms with van der Waals surface area (Å²) < 4.78 is 5.15. The molecule has 1 aromatic heterocycles. The van der Waals surface area contributed by atoms with Gasteiger partial charge in [0.2, 0.25) is 5.12 Å². The summed E-state index contributed by atoms with van der Waals surface area (Å²) in [5, 5.41) is 15.3. The molecule has 20 heavy (non-hydrogen) atoms. The van der Waals surface area contributed by atoms with Gasteiger partial charge in [-0.3, -0.25) is 4.79 Å². The number of aryl methyl sites for hydroxylation is 2. The Morgan fingerprint density at radius 2 is 1.95 bits per heavy atom. The van der Waals surface area contributed by atoms with Crippen molar-refractivity contribution < 1.29 is 9.32 Å². The van der Waals surface area contributed by atoms with Gasteiger partial charge in [0, 0.05) is 22.6 Å². The first kappa shape index (κ1) is 12.9. The second kappa shape index (κ2) is 4.50. The second-order valence-electron chi connectivity index (χ2n) is 4.95. The third-order valence-electron chi connectivity index (χ3n) is 3.58. The van der Waals surface area contributed by atoms with Crippen LogP contribution in [0.2, 0.25) is 0 Å². The van der Waals surface area contributed by atoms with Crippen molar-refractivity contribution in [2.75, 3.05) is 11.5 Å². The normalized spacial score (nSPS) is 17.2. The van der Waals surface area contributed by atoms with Crippen LogP contribution < -0.4 is 0 Å². The highest BCUT2D eigenvalue weighted by Crippen LogP contribution is 2.62. The number of rotatable bonds is 2. The van der Waals surface area contributed by atoms with Gasteiger partial charge < -0.3 is 4.52 Å². The number of aromatic nitrogens is 1. The van der Waals surface area contributed by atoms with Gasteiger partial charge in [-0.05, 0) is 31.5 Å². The molecule has 0 bridgehead atoms. The average molecular weight is 286 g/mol. The third kappa shape index (κ3) is 1.93. The maximum atomic E-state index is 12.3. The van der Waals surface area contributed by atoms with Crippen LogP contribution in [-0.4, -0.2) is 21.8 Å². The Morgan fingerprint density at radius 1 is 1.30 bits per heavy atom. The molecule has 0 saturated carbocycles. The monoisotopic (exact) mass is 286 g/mol. The second-order valence-corrected chi connectivity index (χ2v) is 8.08. The van der Waals surface area contributed by atoms with E-state index in [9.17, 15) is 4.79 Å². The van der Waals surface area contributed by atoms with Crippen molar-refractivity contribution in [3.05, 3.63) is 41.3 Å². The van der Waals surface area contributed by atoms with Gasteiger partial charge in [-0.15, -0.1) is 0 Å². The van der Waals surface area contributed by atoms with Gasteiger partial charge >= 0.3 is 0 Å². The number of thiocyanates is 1. The van der Waals surface area contributed by atoms with Crippen LogP contribution in [0.4, 0.5) is 0 Å². The van der Waals surface area contributed by atoms with E-state index in [4.69, 9.17) is 9.78 Å². The first-order chi connectivity index (χ1) is 9.57. The van der Waals surface area contributed by atoms with Crippen LogP contribution in [0, 0.1) is 24.5 Å². The summed E-state index contributed by atoms with van der Waals surface area (Å²) in [6.45, 7) is 3.76. The lowest BCUT2D eigenvalue weighted by Gasteiger charge is -2.09. The van der Waals surface area contributed by atoms with Crippen LogP contribution in [0.5, 0.6) is 0 Å². The van der Waals surface area contributed by atoms with Crippen LogP contribution in [0.3, 0.4) is 0 Å². The molecule has 4 nitrogen and oxygen atoms in total.